The maximum absolute atomic E-state index is 10.5. The lowest BCUT2D eigenvalue weighted by molar-refractivity contribution is 0.556. The lowest BCUT2D eigenvalue weighted by atomic mass is 10.3. The molecule has 0 radical (unpaired) electrons. The van der Waals surface area contributed by atoms with Crippen LogP contribution in [0.4, 0.5) is 5.69 Å². The van der Waals surface area contributed by atoms with Gasteiger partial charge in [0, 0.05) is 0 Å². The summed E-state index contributed by atoms with van der Waals surface area (Å²) in [6, 6.07) is 12.5. The Kier molecular flexibility index (Phi) is 3.08. The number of nitrogens with zero attached hydrogens (tertiary/aromatic N) is 2. The number of furan rings is 1. The van der Waals surface area contributed by atoms with Gasteiger partial charge in [-0.05, 0) is 29.4 Å². The fraction of sp³-hybridized carbons (Fsp3) is 0. The Morgan fingerprint density at radius 3 is 2.56 bits per heavy atom. The van der Waals surface area contributed by atoms with Gasteiger partial charge in [-0.1, -0.05) is 18.2 Å². The van der Waals surface area contributed by atoms with E-state index in [4.69, 9.17) is 4.42 Å². The zero-order valence-electron chi connectivity index (χ0n) is 8.33. The summed E-state index contributed by atoms with van der Waals surface area (Å²) in [5.41, 5.74) is 3.49. The number of hydrogen-bond acceptors (Lipinski definition) is 4. The summed E-state index contributed by atoms with van der Waals surface area (Å²) in [7, 11) is 0. The van der Waals surface area contributed by atoms with Crippen molar-refractivity contribution in [2.75, 3.05) is 5.43 Å². The summed E-state index contributed by atoms with van der Waals surface area (Å²) in [6.45, 7) is 0. The van der Waals surface area contributed by atoms with Crippen LogP contribution in [-0.4, -0.2) is 5.84 Å². The Morgan fingerprint density at radius 2 is 1.94 bits per heavy atom. The van der Waals surface area contributed by atoms with E-state index in [1.807, 2.05) is 30.3 Å². The molecule has 0 aliphatic heterocycles. The van der Waals surface area contributed by atoms with Crippen LogP contribution >= 0.6 is 0 Å². The highest BCUT2D eigenvalue weighted by atomic mass is 16.3. The molecule has 0 spiro atoms. The van der Waals surface area contributed by atoms with Crippen LogP contribution in [0.15, 0.2) is 63.4 Å². The minimum absolute atomic E-state index is 0.0196. The average molecular weight is 215 g/mol. The molecule has 0 atom stereocenters. The summed E-state index contributed by atoms with van der Waals surface area (Å²) in [4.78, 5) is 10.5. The van der Waals surface area contributed by atoms with Crippen molar-refractivity contribution in [2.45, 2.75) is 0 Å². The maximum atomic E-state index is 10.5. The normalized spacial score (nSPS) is 11.1. The van der Waals surface area contributed by atoms with E-state index in [9.17, 15) is 4.91 Å². The van der Waals surface area contributed by atoms with E-state index in [1.54, 1.807) is 12.1 Å². The highest BCUT2D eigenvalue weighted by Gasteiger charge is 2.06. The molecule has 1 N–H and O–H groups in total. The van der Waals surface area contributed by atoms with E-state index in [1.165, 1.54) is 6.26 Å². The third-order valence-electron chi connectivity index (χ3n) is 1.89. The van der Waals surface area contributed by atoms with Crippen LogP contribution in [0.2, 0.25) is 0 Å². The van der Waals surface area contributed by atoms with Gasteiger partial charge in [0.1, 0.15) is 0 Å². The van der Waals surface area contributed by atoms with Crippen LogP contribution in [0.1, 0.15) is 5.76 Å². The predicted octanol–water partition coefficient (Wildman–Crippen LogP) is 2.82. The van der Waals surface area contributed by atoms with Crippen molar-refractivity contribution < 1.29 is 4.42 Å². The summed E-state index contributed by atoms with van der Waals surface area (Å²) in [5, 5.41) is 6.64. The molecule has 2 aromatic rings. The average Bonchev–Trinajstić information content (AvgIpc) is 2.85. The molecule has 1 aromatic heterocycles. The number of rotatable bonds is 3. The number of amidine groups is 1. The molecule has 2 rings (SSSR count). The standard InChI is InChI=1S/C11H9N3O2/c15-14-11(10-7-4-8-16-10)13-12-9-5-2-1-3-6-9/h1-8,12H/b13-11-. The molecule has 80 valence electrons. The van der Waals surface area contributed by atoms with Gasteiger partial charge in [-0.2, -0.15) is 0 Å². The SMILES string of the molecule is O=N/C(=N\Nc1ccccc1)c1ccco1. The van der Waals surface area contributed by atoms with Crippen molar-refractivity contribution >= 4 is 11.5 Å². The summed E-state index contributed by atoms with van der Waals surface area (Å²) in [5.74, 6) is 0.312. The number of nitroso groups, excluding NO2 is 1. The number of para-hydroxylation sites is 1. The Morgan fingerprint density at radius 1 is 1.12 bits per heavy atom. The highest BCUT2D eigenvalue weighted by Crippen LogP contribution is 2.07. The van der Waals surface area contributed by atoms with Crippen LogP contribution in [0.5, 0.6) is 0 Å². The van der Waals surface area contributed by atoms with Crippen LogP contribution in [0, 0.1) is 4.91 Å². The van der Waals surface area contributed by atoms with E-state index in [2.05, 4.69) is 15.7 Å². The topological polar surface area (TPSA) is 67.0 Å². The van der Waals surface area contributed by atoms with E-state index >= 15 is 0 Å². The van der Waals surface area contributed by atoms with Crippen molar-refractivity contribution in [3.8, 4) is 0 Å². The van der Waals surface area contributed by atoms with Gasteiger partial charge in [0.25, 0.3) is 5.84 Å². The molecule has 1 aromatic carbocycles. The minimum atomic E-state index is -0.0196. The van der Waals surface area contributed by atoms with Crippen LogP contribution < -0.4 is 5.43 Å². The second-order valence-corrected chi connectivity index (χ2v) is 2.98. The number of benzene rings is 1. The zero-order valence-corrected chi connectivity index (χ0v) is 8.33. The molecule has 0 aliphatic carbocycles. The van der Waals surface area contributed by atoms with E-state index in [0.29, 0.717) is 5.76 Å². The van der Waals surface area contributed by atoms with Gasteiger partial charge in [0.15, 0.2) is 5.76 Å². The number of nitrogens with one attached hydrogen (secondary N) is 1. The molecule has 0 saturated heterocycles. The van der Waals surface area contributed by atoms with Gasteiger partial charge in [-0.3, -0.25) is 5.43 Å². The fourth-order valence-electron chi connectivity index (χ4n) is 1.16. The Bertz CT molecular complexity index is 477. The predicted molar refractivity (Wildman–Crippen MR) is 61.1 cm³/mol. The molecule has 5 nitrogen and oxygen atoms in total. The molecular weight excluding hydrogens is 206 g/mol. The highest BCUT2D eigenvalue weighted by molar-refractivity contribution is 5.97. The minimum Gasteiger partial charge on any atom is -0.461 e. The van der Waals surface area contributed by atoms with Crippen molar-refractivity contribution in [1.82, 2.24) is 0 Å². The molecule has 0 saturated carbocycles. The molecular formula is C11H9N3O2. The summed E-state index contributed by atoms with van der Waals surface area (Å²) >= 11 is 0. The molecule has 1 heterocycles. The third-order valence-corrected chi connectivity index (χ3v) is 1.89. The van der Waals surface area contributed by atoms with Gasteiger partial charge in [-0.15, -0.1) is 10.0 Å². The largest absolute Gasteiger partial charge is 0.461 e. The maximum Gasteiger partial charge on any atom is 0.257 e. The number of hydrogen-bond donors (Lipinski definition) is 1. The van der Waals surface area contributed by atoms with Gasteiger partial charge in [-0.25, -0.2) is 0 Å². The Hall–Kier alpha value is -2.43. The lowest BCUT2D eigenvalue weighted by Crippen LogP contribution is -1.99. The van der Waals surface area contributed by atoms with Crippen molar-refractivity contribution in [3.63, 3.8) is 0 Å². The smallest absolute Gasteiger partial charge is 0.257 e. The van der Waals surface area contributed by atoms with Crippen molar-refractivity contribution in [1.29, 1.82) is 0 Å². The van der Waals surface area contributed by atoms with E-state index < -0.39 is 0 Å². The first-order valence-corrected chi connectivity index (χ1v) is 4.66. The first-order valence-electron chi connectivity index (χ1n) is 4.66. The van der Waals surface area contributed by atoms with Crippen LogP contribution in [0.3, 0.4) is 0 Å². The van der Waals surface area contributed by atoms with Gasteiger partial charge >= 0.3 is 0 Å². The molecule has 16 heavy (non-hydrogen) atoms. The number of anilines is 1. The quantitative estimate of drug-likeness (QED) is 0.370. The molecule has 0 amide bonds. The molecule has 0 aliphatic rings. The van der Waals surface area contributed by atoms with Gasteiger partial charge < -0.3 is 4.42 Å². The van der Waals surface area contributed by atoms with Gasteiger partial charge in [0.2, 0.25) is 0 Å². The second-order valence-electron chi connectivity index (χ2n) is 2.98. The molecule has 0 unspecified atom stereocenters. The van der Waals surface area contributed by atoms with Crippen molar-refractivity contribution in [2.24, 2.45) is 10.3 Å². The van der Waals surface area contributed by atoms with Gasteiger partial charge in [0.05, 0.1) is 12.0 Å². The van der Waals surface area contributed by atoms with E-state index in [-0.39, 0.29) is 5.84 Å². The van der Waals surface area contributed by atoms with Crippen molar-refractivity contribution in [3.05, 3.63) is 59.4 Å². The molecule has 0 bridgehead atoms. The number of hydrazone groups is 1. The monoisotopic (exact) mass is 215 g/mol. The molecule has 0 fully saturated rings. The Balaban J connectivity index is 2.14. The van der Waals surface area contributed by atoms with Crippen LogP contribution in [-0.2, 0) is 0 Å². The van der Waals surface area contributed by atoms with E-state index in [0.717, 1.165) is 5.69 Å². The lowest BCUT2D eigenvalue weighted by Gasteiger charge is -1.98. The fourth-order valence-corrected chi connectivity index (χ4v) is 1.16. The first kappa shape index (κ1) is 10.1. The Labute approximate surface area is 91.8 Å². The summed E-state index contributed by atoms with van der Waals surface area (Å²) < 4.78 is 5.01. The molecule has 5 heteroatoms. The third kappa shape index (κ3) is 2.33. The first-order chi connectivity index (χ1) is 7.90. The summed E-state index contributed by atoms with van der Waals surface area (Å²) in [6.07, 6.45) is 1.46. The zero-order chi connectivity index (χ0) is 11.2. The van der Waals surface area contributed by atoms with Crippen LogP contribution in [0.25, 0.3) is 0 Å². The second kappa shape index (κ2) is 4.88.